The van der Waals surface area contributed by atoms with Gasteiger partial charge in [0.15, 0.2) is 23.3 Å². The first-order valence-electron chi connectivity index (χ1n) is 5.51. The zero-order chi connectivity index (χ0) is 18.4. The quantitative estimate of drug-likeness (QED) is 0.242. The number of benzene rings is 1. The molecule has 0 aliphatic rings. The maximum Gasteiger partial charge on any atom is 0.549 e. The maximum atomic E-state index is 13.2. The van der Waals surface area contributed by atoms with Gasteiger partial charge in [0.25, 0.3) is 0 Å². The van der Waals surface area contributed by atoms with Crippen LogP contribution in [0.1, 0.15) is 11.7 Å². The number of hydrogen-bond acceptors (Lipinski definition) is 4. The summed E-state index contributed by atoms with van der Waals surface area (Å²) in [6, 6.07) is 0. The van der Waals surface area contributed by atoms with Gasteiger partial charge in [0.2, 0.25) is 5.82 Å². The lowest BCUT2D eigenvalue weighted by molar-refractivity contribution is 0.0169. The highest BCUT2D eigenvalue weighted by atomic mass is 31.2. The third-order valence-electron chi connectivity index (χ3n) is 2.09. The molecule has 1 aromatic rings. The molecule has 13 heteroatoms. The average Bonchev–Trinajstić information content (AvgIpc) is 2.42. The Morgan fingerprint density at radius 1 is 0.957 bits per heavy atom. The third kappa shape index (κ3) is 7.27. The fraction of sp³-hybridized carbons (Fsp3) is 0.400. The molecular formula is C10H10F7O5P. The van der Waals surface area contributed by atoms with Crippen molar-refractivity contribution in [1.82, 2.24) is 0 Å². The number of aliphatic hydroxyl groups excluding tert-OH is 2. The molecule has 5 nitrogen and oxygen atoms in total. The first-order valence-corrected chi connectivity index (χ1v) is 6.96. The Kier molecular flexibility index (Phi) is 8.70. The zero-order valence-corrected chi connectivity index (χ0v) is 11.8. The van der Waals surface area contributed by atoms with Crippen molar-refractivity contribution in [1.29, 1.82) is 0 Å². The van der Waals surface area contributed by atoms with E-state index in [0.717, 1.165) is 0 Å². The van der Waals surface area contributed by atoms with Gasteiger partial charge in [-0.1, -0.05) is 0 Å². The molecule has 1 aromatic carbocycles. The van der Waals surface area contributed by atoms with Crippen molar-refractivity contribution >= 4 is 7.99 Å². The number of ether oxygens (including phenoxy) is 1. The van der Waals surface area contributed by atoms with Crippen LogP contribution in [0, 0.1) is 29.1 Å². The van der Waals surface area contributed by atoms with Crippen molar-refractivity contribution in [2.24, 2.45) is 0 Å². The van der Waals surface area contributed by atoms with Gasteiger partial charge in [-0.3, -0.25) is 4.89 Å². The molecule has 1 rings (SSSR count). The molecule has 0 spiro atoms. The van der Waals surface area contributed by atoms with Crippen LogP contribution in [-0.4, -0.2) is 34.9 Å². The van der Waals surface area contributed by atoms with Crippen molar-refractivity contribution < 1.29 is 54.8 Å². The van der Waals surface area contributed by atoms with E-state index in [4.69, 9.17) is 14.6 Å². The van der Waals surface area contributed by atoms with E-state index in [0.29, 0.717) is 0 Å². The lowest BCUT2D eigenvalue weighted by atomic mass is 10.1. The first kappa shape index (κ1) is 21.8. The molecule has 0 aromatic heterocycles. The number of aliphatic hydroxyl groups is 2. The van der Waals surface area contributed by atoms with Gasteiger partial charge in [-0.2, -0.15) is 0 Å². The second-order valence-electron chi connectivity index (χ2n) is 3.73. The molecule has 0 saturated carbocycles. The third-order valence-corrected chi connectivity index (χ3v) is 2.09. The fourth-order valence-electron chi connectivity index (χ4n) is 1.26. The summed E-state index contributed by atoms with van der Waals surface area (Å²) in [5, 5.41) is 17.7. The van der Waals surface area contributed by atoms with Crippen molar-refractivity contribution in [3.05, 3.63) is 34.6 Å². The SMILES string of the molecule is O=P(O)(F)F.OCCOCC(O)c1c(F)c(F)c(F)c(F)c1F. The van der Waals surface area contributed by atoms with Crippen molar-refractivity contribution in [3.8, 4) is 0 Å². The summed E-state index contributed by atoms with van der Waals surface area (Å²) in [6.07, 6.45) is -2.03. The molecule has 23 heavy (non-hydrogen) atoms. The van der Waals surface area contributed by atoms with E-state index >= 15 is 0 Å². The van der Waals surface area contributed by atoms with E-state index in [-0.39, 0.29) is 6.61 Å². The highest BCUT2D eigenvalue weighted by molar-refractivity contribution is 7.46. The molecule has 0 heterocycles. The zero-order valence-electron chi connectivity index (χ0n) is 10.9. The van der Waals surface area contributed by atoms with Gasteiger partial charge in [0.1, 0.15) is 6.10 Å². The van der Waals surface area contributed by atoms with Gasteiger partial charge in [0.05, 0.1) is 25.4 Å². The predicted octanol–water partition coefficient (Wildman–Crippen LogP) is 2.45. The normalized spacial score (nSPS) is 12.6. The number of halogens is 7. The van der Waals surface area contributed by atoms with Crippen LogP contribution in [0.5, 0.6) is 0 Å². The summed E-state index contributed by atoms with van der Waals surface area (Å²) in [7, 11) is -5.64. The highest BCUT2D eigenvalue weighted by Crippen LogP contribution is 2.43. The smallest absolute Gasteiger partial charge is 0.394 e. The van der Waals surface area contributed by atoms with E-state index in [1.807, 2.05) is 0 Å². The van der Waals surface area contributed by atoms with Crippen LogP contribution < -0.4 is 0 Å². The van der Waals surface area contributed by atoms with Gasteiger partial charge in [-0.05, 0) is 0 Å². The molecule has 0 fully saturated rings. The standard InChI is InChI=1S/C10H9F5O3.F2HO2P/c11-6-5(4(17)3-18-2-1-16)7(12)9(14)10(15)8(6)13;1-5(2,3)4/h4,16-17H,1-3H2;(H,3,4). The van der Waals surface area contributed by atoms with Gasteiger partial charge in [-0.15, -0.1) is 8.39 Å². The summed E-state index contributed by atoms with van der Waals surface area (Å²) in [5.74, 6) is -10.8. The average molecular weight is 374 g/mol. The fourth-order valence-corrected chi connectivity index (χ4v) is 1.26. The van der Waals surface area contributed by atoms with Crippen LogP contribution in [0.2, 0.25) is 0 Å². The summed E-state index contributed by atoms with van der Waals surface area (Å²) < 4.78 is 97.9. The van der Waals surface area contributed by atoms with Gasteiger partial charge < -0.3 is 14.9 Å². The second-order valence-corrected chi connectivity index (χ2v) is 4.60. The van der Waals surface area contributed by atoms with Gasteiger partial charge >= 0.3 is 7.99 Å². The summed E-state index contributed by atoms with van der Waals surface area (Å²) in [6.45, 7) is -1.37. The first-order chi connectivity index (χ1) is 10.4. The Morgan fingerprint density at radius 3 is 1.65 bits per heavy atom. The van der Waals surface area contributed by atoms with Crippen molar-refractivity contribution in [2.75, 3.05) is 19.8 Å². The van der Waals surface area contributed by atoms with E-state index in [9.17, 15) is 35.5 Å². The van der Waals surface area contributed by atoms with Gasteiger partial charge in [0, 0.05) is 0 Å². The number of hydrogen-bond donors (Lipinski definition) is 3. The largest absolute Gasteiger partial charge is 0.549 e. The Bertz CT molecular complexity index is 542. The van der Waals surface area contributed by atoms with E-state index in [1.54, 1.807) is 0 Å². The minimum Gasteiger partial charge on any atom is -0.394 e. The van der Waals surface area contributed by atoms with E-state index in [2.05, 4.69) is 4.74 Å². The van der Waals surface area contributed by atoms with Crippen LogP contribution in [-0.2, 0) is 9.30 Å². The highest BCUT2D eigenvalue weighted by Gasteiger charge is 2.29. The molecule has 0 bridgehead atoms. The summed E-state index contributed by atoms with van der Waals surface area (Å²) >= 11 is 0. The lowest BCUT2D eigenvalue weighted by Crippen LogP contribution is -2.16. The molecule has 134 valence electrons. The molecule has 0 saturated heterocycles. The van der Waals surface area contributed by atoms with Crippen LogP contribution in [0.25, 0.3) is 0 Å². The van der Waals surface area contributed by atoms with E-state index < -0.39 is 62.0 Å². The van der Waals surface area contributed by atoms with Crippen molar-refractivity contribution in [3.63, 3.8) is 0 Å². The maximum absolute atomic E-state index is 13.2. The molecule has 0 aliphatic heterocycles. The predicted molar refractivity (Wildman–Crippen MR) is 61.1 cm³/mol. The van der Waals surface area contributed by atoms with Gasteiger partial charge in [-0.25, -0.2) is 26.5 Å². The van der Waals surface area contributed by atoms with Crippen LogP contribution in [0.4, 0.5) is 30.3 Å². The Morgan fingerprint density at radius 2 is 1.30 bits per heavy atom. The Balaban J connectivity index is 0.000000841. The number of rotatable bonds is 5. The monoisotopic (exact) mass is 374 g/mol. The molecule has 0 amide bonds. The van der Waals surface area contributed by atoms with Crippen LogP contribution in [0.3, 0.4) is 0 Å². The molecular weight excluding hydrogens is 364 g/mol. The second kappa shape index (κ2) is 9.18. The van der Waals surface area contributed by atoms with Crippen LogP contribution >= 0.6 is 7.99 Å². The Hall–Kier alpha value is -1.20. The molecule has 1 atom stereocenters. The molecule has 0 aliphatic carbocycles. The summed E-state index contributed by atoms with van der Waals surface area (Å²) in [5.41, 5.74) is -1.36. The molecule has 3 N–H and O–H groups in total. The molecule has 0 radical (unpaired) electrons. The Labute approximate surface area is 124 Å². The minimum absolute atomic E-state index is 0.244. The summed E-state index contributed by atoms with van der Waals surface area (Å²) in [4.78, 5) is 6.74. The van der Waals surface area contributed by atoms with Crippen molar-refractivity contribution in [2.45, 2.75) is 6.10 Å². The lowest BCUT2D eigenvalue weighted by Gasteiger charge is -2.14. The van der Waals surface area contributed by atoms with E-state index in [1.165, 1.54) is 0 Å². The molecule has 1 unspecified atom stereocenters. The topological polar surface area (TPSA) is 87.0 Å². The minimum atomic E-state index is -5.64. The van der Waals surface area contributed by atoms with Crippen LogP contribution in [0.15, 0.2) is 0 Å².